The van der Waals surface area contributed by atoms with Crippen molar-refractivity contribution in [3.8, 4) is 16.5 Å². The molecule has 0 atom stereocenters. The zero-order valence-electron chi connectivity index (χ0n) is 13.9. The standard InChI is InChI=1S/C18H21N3OS2/c1-3-21(4-2)9-10-22-13-11-15(23)17-16(12-13)24-18(20-17)14-7-5-6-8-19-14/h5-8,11-12,23H,3-4,9-10H2,1-2H3. The number of nitrogens with zero attached hydrogens (tertiary/aromatic N) is 3. The van der Waals surface area contributed by atoms with Crippen LogP contribution in [0.4, 0.5) is 0 Å². The fourth-order valence-electron chi connectivity index (χ4n) is 2.50. The second kappa shape index (κ2) is 7.96. The van der Waals surface area contributed by atoms with Crippen LogP contribution in [-0.4, -0.2) is 41.1 Å². The van der Waals surface area contributed by atoms with E-state index in [-0.39, 0.29) is 0 Å². The summed E-state index contributed by atoms with van der Waals surface area (Å²) in [5.41, 5.74) is 1.79. The number of fused-ring (bicyclic) bond motifs is 1. The molecule has 0 N–H and O–H groups in total. The smallest absolute Gasteiger partial charge is 0.143 e. The third kappa shape index (κ3) is 3.88. The van der Waals surface area contributed by atoms with Crippen LogP contribution in [0.5, 0.6) is 5.75 Å². The number of thiol groups is 1. The molecule has 6 heteroatoms. The zero-order valence-corrected chi connectivity index (χ0v) is 15.6. The van der Waals surface area contributed by atoms with Crippen molar-refractivity contribution in [3.05, 3.63) is 36.5 Å². The van der Waals surface area contributed by atoms with Gasteiger partial charge in [-0.1, -0.05) is 19.9 Å². The minimum atomic E-state index is 0.673. The Morgan fingerprint density at radius 1 is 1.21 bits per heavy atom. The number of hydrogen-bond acceptors (Lipinski definition) is 6. The van der Waals surface area contributed by atoms with Crippen molar-refractivity contribution in [1.29, 1.82) is 0 Å². The highest BCUT2D eigenvalue weighted by atomic mass is 32.1. The first-order valence-corrected chi connectivity index (χ1v) is 9.37. The monoisotopic (exact) mass is 359 g/mol. The molecule has 0 aliphatic heterocycles. The van der Waals surface area contributed by atoms with E-state index in [4.69, 9.17) is 4.74 Å². The highest BCUT2D eigenvalue weighted by molar-refractivity contribution is 7.80. The molecule has 2 aromatic heterocycles. The third-order valence-electron chi connectivity index (χ3n) is 3.90. The molecule has 0 saturated carbocycles. The summed E-state index contributed by atoms with van der Waals surface area (Å²) in [4.78, 5) is 12.2. The topological polar surface area (TPSA) is 38.2 Å². The van der Waals surface area contributed by atoms with Crippen molar-refractivity contribution >= 4 is 34.2 Å². The Morgan fingerprint density at radius 2 is 2.04 bits per heavy atom. The minimum absolute atomic E-state index is 0.673. The second-order valence-electron chi connectivity index (χ2n) is 5.40. The normalized spacial score (nSPS) is 11.3. The van der Waals surface area contributed by atoms with Gasteiger partial charge in [-0.05, 0) is 37.4 Å². The van der Waals surface area contributed by atoms with Crippen molar-refractivity contribution in [2.45, 2.75) is 18.7 Å². The molecule has 0 aliphatic rings. The molecule has 0 saturated heterocycles. The van der Waals surface area contributed by atoms with Gasteiger partial charge in [0.25, 0.3) is 0 Å². The van der Waals surface area contributed by atoms with Crippen LogP contribution in [0.1, 0.15) is 13.8 Å². The van der Waals surface area contributed by atoms with Crippen LogP contribution in [0.25, 0.3) is 20.9 Å². The Morgan fingerprint density at radius 3 is 2.75 bits per heavy atom. The lowest BCUT2D eigenvalue weighted by atomic mass is 10.3. The number of likely N-dealkylation sites (N-methyl/N-ethyl adjacent to an activating group) is 1. The van der Waals surface area contributed by atoms with Crippen LogP contribution < -0.4 is 4.74 Å². The average Bonchev–Trinajstić information content (AvgIpc) is 3.04. The fraction of sp³-hybridized carbons (Fsp3) is 0.333. The van der Waals surface area contributed by atoms with Gasteiger partial charge >= 0.3 is 0 Å². The molecule has 126 valence electrons. The SMILES string of the molecule is CCN(CC)CCOc1cc(S)c2nc(-c3ccccn3)sc2c1. The molecule has 2 heterocycles. The molecular formula is C18H21N3OS2. The summed E-state index contributed by atoms with van der Waals surface area (Å²) < 4.78 is 6.99. The van der Waals surface area contributed by atoms with E-state index in [0.29, 0.717) is 6.61 Å². The summed E-state index contributed by atoms with van der Waals surface area (Å²) in [5, 5.41) is 0.904. The number of aromatic nitrogens is 2. The lowest BCUT2D eigenvalue weighted by molar-refractivity contribution is 0.223. The van der Waals surface area contributed by atoms with Crippen molar-refractivity contribution < 1.29 is 4.74 Å². The van der Waals surface area contributed by atoms with E-state index in [1.165, 1.54) is 0 Å². The van der Waals surface area contributed by atoms with Gasteiger partial charge < -0.3 is 9.64 Å². The first-order valence-electron chi connectivity index (χ1n) is 8.11. The van der Waals surface area contributed by atoms with Gasteiger partial charge in [0.15, 0.2) is 0 Å². The summed E-state index contributed by atoms with van der Waals surface area (Å²) >= 11 is 6.19. The Balaban J connectivity index is 1.79. The van der Waals surface area contributed by atoms with E-state index >= 15 is 0 Å². The molecule has 3 rings (SSSR count). The lowest BCUT2D eigenvalue weighted by Gasteiger charge is -2.18. The van der Waals surface area contributed by atoms with Crippen molar-refractivity contribution in [2.24, 2.45) is 0 Å². The van der Waals surface area contributed by atoms with Crippen LogP contribution in [0.3, 0.4) is 0 Å². The highest BCUT2D eigenvalue weighted by Gasteiger charge is 2.11. The van der Waals surface area contributed by atoms with Crippen LogP contribution in [0, 0.1) is 0 Å². The van der Waals surface area contributed by atoms with Gasteiger partial charge in [0, 0.05) is 17.6 Å². The Bertz CT molecular complexity index is 801. The van der Waals surface area contributed by atoms with Gasteiger partial charge in [-0.3, -0.25) is 4.98 Å². The number of rotatable bonds is 7. The zero-order chi connectivity index (χ0) is 16.9. The maximum absolute atomic E-state index is 5.92. The average molecular weight is 360 g/mol. The van der Waals surface area contributed by atoms with E-state index in [2.05, 4.69) is 41.3 Å². The van der Waals surface area contributed by atoms with Gasteiger partial charge in [-0.15, -0.1) is 24.0 Å². The molecule has 24 heavy (non-hydrogen) atoms. The molecule has 0 spiro atoms. The third-order valence-corrected chi connectivity index (χ3v) is 5.27. The molecule has 0 amide bonds. The van der Waals surface area contributed by atoms with Gasteiger partial charge in [0.1, 0.15) is 17.4 Å². The van der Waals surface area contributed by atoms with E-state index in [1.54, 1.807) is 17.5 Å². The molecule has 0 radical (unpaired) electrons. The van der Waals surface area contributed by atoms with Gasteiger partial charge in [-0.25, -0.2) is 4.98 Å². The van der Waals surface area contributed by atoms with Crippen LogP contribution in [-0.2, 0) is 0 Å². The Hall–Kier alpha value is -1.63. The van der Waals surface area contributed by atoms with Crippen LogP contribution in [0.15, 0.2) is 41.4 Å². The first-order chi connectivity index (χ1) is 11.7. The predicted octanol–water partition coefficient (Wildman–Crippen LogP) is 4.37. The van der Waals surface area contributed by atoms with E-state index in [1.807, 2.05) is 30.3 Å². The van der Waals surface area contributed by atoms with Crippen LogP contribution >= 0.6 is 24.0 Å². The van der Waals surface area contributed by atoms with Crippen molar-refractivity contribution in [3.63, 3.8) is 0 Å². The predicted molar refractivity (Wildman–Crippen MR) is 103 cm³/mol. The minimum Gasteiger partial charge on any atom is -0.492 e. The second-order valence-corrected chi connectivity index (χ2v) is 6.91. The van der Waals surface area contributed by atoms with Gasteiger partial charge in [0.05, 0.1) is 15.9 Å². The number of thiazole rings is 1. The van der Waals surface area contributed by atoms with Crippen molar-refractivity contribution in [1.82, 2.24) is 14.9 Å². The molecular weight excluding hydrogens is 338 g/mol. The largest absolute Gasteiger partial charge is 0.492 e. The summed E-state index contributed by atoms with van der Waals surface area (Å²) in [6, 6.07) is 9.83. The molecule has 0 aliphatic carbocycles. The lowest BCUT2D eigenvalue weighted by Crippen LogP contribution is -2.27. The fourth-order valence-corrected chi connectivity index (χ4v) is 3.87. The van der Waals surface area contributed by atoms with Crippen molar-refractivity contribution in [2.75, 3.05) is 26.2 Å². The number of benzene rings is 1. The summed E-state index contributed by atoms with van der Waals surface area (Å²) in [5.74, 6) is 0.843. The Kier molecular flexibility index (Phi) is 5.71. The van der Waals surface area contributed by atoms with E-state index < -0.39 is 0 Å². The number of hydrogen-bond donors (Lipinski definition) is 1. The van der Waals surface area contributed by atoms with Gasteiger partial charge in [-0.2, -0.15) is 0 Å². The summed E-state index contributed by atoms with van der Waals surface area (Å²) in [6.07, 6.45) is 1.78. The maximum atomic E-state index is 5.92. The number of pyridine rings is 1. The van der Waals surface area contributed by atoms with Crippen LogP contribution in [0.2, 0.25) is 0 Å². The number of ether oxygens (including phenoxy) is 1. The summed E-state index contributed by atoms with van der Waals surface area (Å²) in [6.45, 7) is 8.01. The highest BCUT2D eigenvalue weighted by Crippen LogP contribution is 2.35. The molecule has 4 nitrogen and oxygen atoms in total. The first kappa shape index (κ1) is 17.2. The maximum Gasteiger partial charge on any atom is 0.143 e. The quantitative estimate of drug-likeness (QED) is 0.636. The van der Waals surface area contributed by atoms with E-state index in [9.17, 15) is 0 Å². The van der Waals surface area contributed by atoms with E-state index in [0.717, 1.165) is 51.2 Å². The summed E-state index contributed by atoms with van der Waals surface area (Å²) in [7, 11) is 0. The van der Waals surface area contributed by atoms with Gasteiger partial charge in [0.2, 0.25) is 0 Å². The molecule has 0 fully saturated rings. The molecule has 0 bridgehead atoms. The molecule has 0 unspecified atom stereocenters. The molecule has 3 aromatic rings. The Labute approximate surface area is 151 Å². The molecule has 1 aromatic carbocycles.